The number of rotatable bonds is 7. The number of sulfone groups is 1. The minimum absolute atomic E-state index is 0.0248. The molecule has 0 atom stereocenters. The topological polar surface area (TPSA) is 110 Å². The van der Waals surface area contributed by atoms with Crippen molar-refractivity contribution in [1.82, 2.24) is 4.31 Å². The molecule has 168 valence electrons. The molecule has 0 radical (unpaired) electrons. The first kappa shape index (κ1) is 23.4. The standard InChI is InChI=1S/C21H26N2O6S2/c1-3-14-30(25,26)20-7-5-4-6-18(20)21(24)22-19-15-17(9-8-16(19)2)31(27,28)23-10-12-29-13-11-23/h4-9,15H,3,10-14H2,1-2H3,(H,22,24). The van der Waals surface area contributed by atoms with Gasteiger partial charge < -0.3 is 10.1 Å². The van der Waals surface area contributed by atoms with Crippen molar-refractivity contribution in [3.05, 3.63) is 53.6 Å². The van der Waals surface area contributed by atoms with E-state index in [0.717, 1.165) is 0 Å². The van der Waals surface area contributed by atoms with Gasteiger partial charge in [0.1, 0.15) is 0 Å². The van der Waals surface area contributed by atoms with Crippen LogP contribution in [-0.4, -0.2) is 59.1 Å². The molecule has 2 aromatic rings. The monoisotopic (exact) mass is 466 g/mol. The lowest BCUT2D eigenvalue weighted by atomic mass is 10.1. The molecule has 0 aromatic heterocycles. The van der Waals surface area contributed by atoms with Crippen LogP contribution < -0.4 is 5.32 Å². The van der Waals surface area contributed by atoms with Gasteiger partial charge in [-0.1, -0.05) is 25.1 Å². The fourth-order valence-corrected chi connectivity index (χ4v) is 6.30. The van der Waals surface area contributed by atoms with Gasteiger partial charge in [0.05, 0.1) is 34.3 Å². The number of aryl methyl sites for hydroxylation is 1. The van der Waals surface area contributed by atoms with Crippen LogP contribution in [0.15, 0.2) is 52.3 Å². The number of benzene rings is 2. The quantitative estimate of drug-likeness (QED) is 0.671. The van der Waals surface area contributed by atoms with Crippen molar-refractivity contribution in [3.63, 3.8) is 0 Å². The molecule has 0 aliphatic carbocycles. The molecule has 3 rings (SSSR count). The van der Waals surface area contributed by atoms with Gasteiger partial charge in [0.2, 0.25) is 10.0 Å². The summed E-state index contributed by atoms with van der Waals surface area (Å²) in [6.07, 6.45) is 0.429. The molecular weight excluding hydrogens is 440 g/mol. The maximum atomic E-state index is 12.9. The van der Waals surface area contributed by atoms with Crippen molar-refractivity contribution in [2.75, 3.05) is 37.4 Å². The summed E-state index contributed by atoms with van der Waals surface area (Å²) in [4.78, 5) is 13.0. The second kappa shape index (κ2) is 9.47. The molecule has 8 nitrogen and oxygen atoms in total. The largest absolute Gasteiger partial charge is 0.379 e. The number of sulfonamides is 1. The zero-order chi connectivity index (χ0) is 22.6. The highest BCUT2D eigenvalue weighted by Gasteiger charge is 2.27. The Morgan fingerprint density at radius 3 is 2.42 bits per heavy atom. The van der Waals surface area contributed by atoms with E-state index >= 15 is 0 Å². The summed E-state index contributed by atoms with van der Waals surface area (Å²) in [6, 6.07) is 10.5. The Morgan fingerprint density at radius 1 is 1.06 bits per heavy atom. The minimum Gasteiger partial charge on any atom is -0.379 e. The summed E-state index contributed by atoms with van der Waals surface area (Å²) in [7, 11) is -7.34. The molecule has 0 unspecified atom stereocenters. The van der Waals surface area contributed by atoms with Crippen LogP contribution in [0.2, 0.25) is 0 Å². The second-order valence-electron chi connectivity index (χ2n) is 7.26. The number of nitrogens with one attached hydrogen (secondary N) is 1. The minimum atomic E-state index is -3.73. The number of nitrogens with zero attached hydrogens (tertiary/aromatic N) is 1. The van der Waals surface area contributed by atoms with E-state index in [-0.39, 0.29) is 34.2 Å². The number of morpholine rings is 1. The summed E-state index contributed by atoms with van der Waals surface area (Å²) >= 11 is 0. The lowest BCUT2D eigenvalue weighted by Crippen LogP contribution is -2.40. The van der Waals surface area contributed by atoms with Crippen LogP contribution in [-0.2, 0) is 24.6 Å². The highest BCUT2D eigenvalue weighted by atomic mass is 32.2. The molecule has 1 heterocycles. The van der Waals surface area contributed by atoms with Gasteiger partial charge in [0.15, 0.2) is 9.84 Å². The smallest absolute Gasteiger partial charge is 0.256 e. The zero-order valence-electron chi connectivity index (χ0n) is 17.5. The number of carbonyl (C=O) groups is 1. The number of anilines is 1. The van der Waals surface area contributed by atoms with Gasteiger partial charge in [-0.3, -0.25) is 4.79 Å². The molecule has 0 bridgehead atoms. The summed E-state index contributed by atoms with van der Waals surface area (Å²) in [5, 5.41) is 2.69. The first-order valence-corrected chi connectivity index (χ1v) is 13.1. The van der Waals surface area contributed by atoms with Gasteiger partial charge >= 0.3 is 0 Å². The number of hydrogen-bond acceptors (Lipinski definition) is 6. The highest BCUT2D eigenvalue weighted by Crippen LogP contribution is 2.25. The van der Waals surface area contributed by atoms with Crippen LogP contribution in [0.1, 0.15) is 29.3 Å². The lowest BCUT2D eigenvalue weighted by molar-refractivity contribution is 0.0730. The molecule has 1 fully saturated rings. The third kappa shape index (κ3) is 5.15. The Hall–Kier alpha value is -2.27. The Bertz CT molecular complexity index is 1170. The van der Waals surface area contributed by atoms with Gasteiger partial charge in [-0.2, -0.15) is 4.31 Å². The van der Waals surface area contributed by atoms with E-state index in [0.29, 0.717) is 30.9 Å². The maximum Gasteiger partial charge on any atom is 0.256 e. The van der Waals surface area contributed by atoms with E-state index in [1.165, 1.54) is 28.6 Å². The number of carbonyl (C=O) groups excluding carboxylic acids is 1. The lowest BCUT2D eigenvalue weighted by Gasteiger charge is -2.26. The van der Waals surface area contributed by atoms with Crippen LogP contribution in [0.4, 0.5) is 5.69 Å². The molecule has 1 N–H and O–H groups in total. The Morgan fingerprint density at radius 2 is 1.74 bits per heavy atom. The molecule has 31 heavy (non-hydrogen) atoms. The van der Waals surface area contributed by atoms with E-state index < -0.39 is 25.8 Å². The van der Waals surface area contributed by atoms with Crippen LogP contribution in [0.5, 0.6) is 0 Å². The number of amides is 1. The van der Waals surface area contributed by atoms with Gasteiger partial charge in [0.25, 0.3) is 5.91 Å². The van der Waals surface area contributed by atoms with E-state index in [4.69, 9.17) is 4.74 Å². The first-order valence-electron chi connectivity index (χ1n) is 9.98. The molecule has 1 amide bonds. The van der Waals surface area contributed by atoms with E-state index in [9.17, 15) is 21.6 Å². The predicted molar refractivity (Wildman–Crippen MR) is 117 cm³/mol. The van der Waals surface area contributed by atoms with Gasteiger partial charge in [-0.15, -0.1) is 0 Å². The fraction of sp³-hybridized carbons (Fsp3) is 0.381. The predicted octanol–water partition coefficient (Wildman–Crippen LogP) is 2.45. The van der Waals surface area contributed by atoms with Crippen LogP contribution in [0, 0.1) is 6.92 Å². The molecule has 10 heteroatoms. The average molecular weight is 467 g/mol. The van der Waals surface area contributed by atoms with E-state index in [1.807, 2.05) is 0 Å². The SMILES string of the molecule is CCCS(=O)(=O)c1ccccc1C(=O)Nc1cc(S(=O)(=O)N2CCOCC2)ccc1C. The van der Waals surface area contributed by atoms with Gasteiger partial charge in [-0.05, 0) is 43.2 Å². The van der Waals surface area contributed by atoms with Crippen molar-refractivity contribution in [2.24, 2.45) is 0 Å². The molecular formula is C21H26N2O6S2. The Labute approximate surface area is 183 Å². The third-order valence-corrected chi connectivity index (χ3v) is 8.87. The molecule has 1 aliphatic heterocycles. The zero-order valence-corrected chi connectivity index (χ0v) is 19.1. The molecule has 1 saturated heterocycles. The molecule has 1 aliphatic rings. The van der Waals surface area contributed by atoms with Crippen LogP contribution >= 0.6 is 0 Å². The Balaban J connectivity index is 1.92. The number of hydrogen-bond donors (Lipinski definition) is 1. The average Bonchev–Trinajstić information content (AvgIpc) is 2.75. The molecule has 0 saturated carbocycles. The maximum absolute atomic E-state index is 12.9. The van der Waals surface area contributed by atoms with Crippen molar-refractivity contribution in [3.8, 4) is 0 Å². The van der Waals surface area contributed by atoms with Crippen molar-refractivity contribution in [1.29, 1.82) is 0 Å². The van der Waals surface area contributed by atoms with Crippen molar-refractivity contribution in [2.45, 2.75) is 30.1 Å². The number of ether oxygens (including phenoxy) is 1. The van der Waals surface area contributed by atoms with Crippen molar-refractivity contribution < 1.29 is 26.4 Å². The highest BCUT2D eigenvalue weighted by molar-refractivity contribution is 7.91. The van der Waals surface area contributed by atoms with Gasteiger partial charge in [-0.25, -0.2) is 16.8 Å². The van der Waals surface area contributed by atoms with Crippen LogP contribution in [0.3, 0.4) is 0 Å². The summed E-state index contributed by atoms with van der Waals surface area (Å²) in [6.45, 7) is 4.68. The Kier molecular flexibility index (Phi) is 7.15. The summed E-state index contributed by atoms with van der Waals surface area (Å²) in [5.41, 5.74) is 0.988. The van der Waals surface area contributed by atoms with Crippen LogP contribution in [0.25, 0.3) is 0 Å². The third-order valence-electron chi connectivity index (χ3n) is 5.00. The molecule has 2 aromatic carbocycles. The van der Waals surface area contributed by atoms with E-state index in [2.05, 4.69) is 5.32 Å². The summed E-state index contributed by atoms with van der Waals surface area (Å²) < 4.78 is 57.6. The van der Waals surface area contributed by atoms with Gasteiger partial charge in [0, 0.05) is 18.8 Å². The normalized spacial score (nSPS) is 15.5. The fourth-order valence-electron chi connectivity index (χ4n) is 3.33. The first-order chi connectivity index (χ1) is 14.7. The molecule has 0 spiro atoms. The van der Waals surface area contributed by atoms with E-state index in [1.54, 1.807) is 32.0 Å². The summed E-state index contributed by atoms with van der Waals surface area (Å²) in [5.74, 6) is -0.678. The second-order valence-corrected chi connectivity index (χ2v) is 11.3. The van der Waals surface area contributed by atoms with Crippen molar-refractivity contribution >= 4 is 31.5 Å².